The van der Waals surface area contributed by atoms with Crippen LogP contribution in [0.3, 0.4) is 0 Å². The lowest BCUT2D eigenvalue weighted by Crippen LogP contribution is -2.09. The van der Waals surface area contributed by atoms with E-state index in [2.05, 4.69) is 15.3 Å². The molecular weight excluding hydrogens is 256 g/mol. The van der Waals surface area contributed by atoms with Gasteiger partial charge in [-0.25, -0.2) is 0 Å². The summed E-state index contributed by atoms with van der Waals surface area (Å²) in [6, 6.07) is 11.4. The molecule has 1 aromatic carbocycles. The van der Waals surface area contributed by atoms with Crippen molar-refractivity contribution < 1.29 is 9.47 Å². The fraction of sp³-hybridized carbons (Fsp3) is 0.286. The third kappa shape index (κ3) is 4.31. The molecule has 6 nitrogen and oxygen atoms in total. The minimum absolute atomic E-state index is 0.187. The standard InChI is InChI=1S/C14H18N4O2/c1-19-13-10-12(17-14(15)18-13)16-8-5-9-20-11-6-3-2-4-7-11/h2-4,6-7,10H,5,8-9H2,1H3,(H3,15,16,17,18). The van der Waals surface area contributed by atoms with E-state index in [1.807, 2.05) is 30.3 Å². The highest BCUT2D eigenvalue weighted by Crippen LogP contribution is 2.14. The first kappa shape index (κ1) is 13.9. The Bertz CT molecular complexity index is 534. The van der Waals surface area contributed by atoms with Crippen molar-refractivity contribution in [2.75, 3.05) is 31.3 Å². The Hall–Kier alpha value is -2.50. The van der Waals surface area contributed by atoms with Crippen LogP contribution in [0.25, 0.3) is 0 Å². The quantitative estimate of drug-likeness (QED) is 0.751. The summed E-state index contributed by atoms with van der Waals surface area (Å²) in [5.41, 5.74) is 5.57. The highest BCUT2D eigenvalue weighted by Gasteiger charge is 2.01. The number of hydrogen-bond donors (Lipinski definition) is 2. The summed E-state index contributed by atoms with van der Waals surface area (Å²) in [5, 5.41) is 3.16. The molecule has 0 radical (unpaired) electrons. The van der Waals surface area contributed by atoms with Crippen LogP contribution in [0.5, 0.6) is 11.6 Å². The minimum Gasteiger partial charge on any atom is -0.494 e. The van der Waals surface area contributed by atoms with Crippen molar-refractivity contribution in [2.45, 2.75) is 6.42 Å². The number of nitrogen functional groups attached to an aromatic ring is 1. The molecule has 0 bridgehead atoms. The third-order valence-corrected chi connectivity index (χ3v) is 2.57. The van der Waals surface area contributed by atoms with Gasteiger partial charge in [-0.05, 0) is 18.6 Å². The number of nitrogens with two attached hydrogens (primary N) is 1. The molecule has 1 heterocycles. The summed E-state index contributed by atoms with van der Waals surface area (Å²) in [6.45, 7) is 1.36. The molecule has 3 N–H and O–H groups in total. The predicted octanol–water partition coefficient (Wildman–Crippen LogP) is 1.95. The first-order valence-electron chi connectivity index (χ1n) is 6.38. The normalized spacial score (nSPS) is 10.1. The zero-order valence-corrected chi connectivity index (χ0v) is 11.4. The fourth-order valence-corrected chi connectivity index (χ4v) is 1.63. The molecule has 0 aliphatic rings. The molecular formula is C14H18N4O2. The molecule has 0 atom stereocenters. The highest BCUT2D eigenvalue weighted by atomic mass is 16.5. The van der Waals surface area contributed by atoms with Gasteiger partial charge in [-0.15, -0.1) is 0 Å². The molecule has 106 valence electrons. The van der Waals surface area contributed by atoms with Crippen molar-refractivity contribution in [3.63, 3.8) is 0 Å². The summed E-state index contributed by atoms with van der Waals surface area (Å²) in [5.74, 6) is 2.16. The Balaban J connectivity index is 1.72. The zero-order valence-electron chi connectivity index (χ0n) is 11.4. The van der Waals surface area contributed by atoms with E-state index >= 15 is 0 Å². The molecule has 0 saturated heterocycles. The van der Waals surface area contributed by atoms with Gasteiger partial charge in [0.25, 0.3) is 0 Å². The molecule has 0 aliphatic heterocycles. The molecule has 2 rings (SSSR count). The largest absolute Gasteiger partial charge is 0.494 e. The summed E-state index contributed by atoms with van der Waals surface area (Å²) in [6.07, 6.45) is 0.848. The highest BCUT2D eigenvalue weighted by molar-refractivity contribution is 5.42. The van der Waals surface area contributed by atoms with E-state index < -0.39 is 0 Å². The molecule has 0 amide bonds. The molecule has 0 saturated carbocycles. The lowest BCUT2D eigenvalue weighted by Gasteiger charge is -2.08. The Kier molecular flexibility index (Phi) is 5.00. The SMILES string of the molecule is COc1cc(NCCCOc2ccccc2)nc(N)n1. The first-order chi connectivity index (χ1) is 9.78. The fourth-order valence-electron chi connectivity index (χ4n) is 1.63. The van der Waals surface area contributed by atoms with Crippen LogP contribution in [-0.4, -0.2) is 30.2 Å². The van der Waals surface area contributed by atoms with Crippen LogP contribution in [0, 0.1) is 0 Å². The molecule has 0 spiro atoms. The number of aromatic nitrogens is 2. The van der Waals surface area contributed by atoms with Gasteiger partial charge in [-0.2, -0.15) is 9.97 Å². The van der Waals surface area contributed by atoms with E-state index in [1.54, 1.807) is 13.2 Å². The van der Waals surface area contributed by atoms with Gasteiger partial charge in [0.15, 0.2) is 0 Å². The van der Waals surface area contributed by atoms with Gasteiger partial charge in [0.05, 0.1) is 13.7 Å². The van der Waals surface area contributed by atoms with Gasteiger partial charge in [-0.3, -0.25) is 0 Å². The molecule has 1 aromatic heterocycles. The van der Waals surface area contributed by atoms with Crippen molar-refractivity contribution in [3.05, 3.63) is 36.4 Å². The van der Waals surface area contributed by atoms with E-state index in [9.17, 15) is 0 Å². The van der Waals surface area contributed by atoms with Gasteiger partial charge in [-0.1, -0.05) is 18.2 Å². The van der Waals surface area contributed by atoms with E-state index in [4.69, 9.17) is 15.2 Å². The summed E-state index contributed by atoms with van der Waals surface area (Å²) < 4.78 is 10.6. The maximum Gasteiger partial charge on any atom is 0.225 e. The Labute approximate surface area is 118 Å². The van der Waals surface area contributed by atoms with Crippen LogP contribution in [-0.2, 0) is 0 Å². The molecule has 0 unspecified atom stereocenters. The number of benzene rings is 1. The molecule has 20 heavy (non-hydrogen) atoms. The van der Waals surface area contributed by atoms with Crippen molar-refractivity contribution in [1.82, 2.24) is 9.97 Å². The average molecular weight is 274 g/mol. The van der Waals surface area contributed by atoms with Crippen molar-refractivity contribution in [1.29, 1.82) is 0 Å². The van der Waals surface area contributed by atoms with E-state index in [1.165, 1.54) is 0 Å². The number of hydrogen-bond acceptors (Lipinski definition) is 6. The lowest BCUT2D eigenvalue weighted by molar-refractivity contribution is 0.315. The van der Waals surface area contributed by atoms with Gasteiger partial charge < -0.3 is 20.5 Å². The second-order valence-electron chi connectivity index (χ2n) is 4.10. The van der Waals surface area contributed by atoms with Crippen LogP contribution in [0.1, 0.15) is 6.42 Å². The van der Waals surface area contributed by atoms with Gasteiger partial charge >= 0.3 is 0 Å². The number of ether oxygens (including phenoxy) is 2. The average Bonchev–Trinajstić information content (AvgIpc) is 2.47. The van der Waals surface area contributed by atoms with E-state index in [-0.39, 0.29) is 5.95 Å². The van der Waals surface area contributed by atoms with Crippen molar-refractivity contribution in [3.8, 4) is 11.6 Å². The molecule has 0 fully saturated rings. The van der Waals surface area contributed by atoms with Crippen LogP contribution in [0.15, 0.2) is 36.4 Å². The number of nitrogens with zero attached hydrogens (tertiary/aromatic N) is 2. The van der Waals surface area contributed by atoms with Crippen LogP contribution < -0.4 is 20.5 Å². The number of methoxy groups -OCH3 is 1. The third-order valence-electron chi connectivity index (χ3n) is 2.57. The maximum atomic E-state index is 5.59. The summed E-state index contributed by atoms with van der Waals surface area (Å²) in [4.78, 5) is 7.99. The van der Waals surface area contributed by atoms with Crippen LogP contribution >= 0.6 is 0 Å². The summed E-state index contributed by atoms with van der Waals surface area (Å²) in [7, 11) is 1.54. The maximum absolute atomic E-state index is 5.59. The Morgan fingerprint density at radius 1 is 1.20 bits per heavy atom. The lowest BCUT2D eigenvalue weighted by atomic mass is 10.3. The topological polar surface area (TPSA) is 82.3 Å². The molecule has 6 heteroatoms. The van der Waals surface area contributed by atoms with Crippen molar-refractivity contribution >= 4 is 11.8 Å². The zero-order chi connectivity index (χ0) is 14.2. The van der Waals surface area contributed by atoms with E-state index in [0.29, 0.717) is 18.3 Å². The van der Waals surface area contributed by atoms with Gasteiger partial charge in [0.2, 0.25) is 11.8 Å². The number of nitrogens with one attached hydrogen (secondary N) is 1. The van der Waals surface area contributed by atoms with E-state index in [0.717, 1.165) is 18.7 Å². The Morgan fingerprint density at radius 2 is 2.00 bits per heavy atom. The van der Waals surface area contributed by atoms with Crippen LogP contribution in [0.2, 0.25) is 0 Å². The van der Waals surface area contributed by atoms with Crippen molar-refractivity contribution in [2.24, 2.45) is 0 Å². The second-order valence-corrected chi connectivity index (χ2v) is 4.10. The number of anilines is 2. The molecule has 2 aromatic rings. The number of rotatable bonds is 7. The van der Waals surface area contributed by atoms with Gasteiger partial charge in [0.1, 0.15) is 11.6 Å². The smallest absolute Gasteiger partial charge is 0.225 e. The molecule has 0 aliphatic carbocycles. The minimum atomic E-state index is 0.187. The van der Waals surface area contributed by atoms with Gasteiger partial charge in [0, 0.05) is 12.6 Å². The monoisotopic (exact) mass is 274 g/mol. The predicted molar refractivity (Wildman–Crippen MR) is 78.0 cm³/mol. The number of para-hydroxylation sites is 1. The van der Waals surface area contributed by atoms with Crippen LogP contribution in [0.4, 0.5) is 11.8 Å². The second kappa shape index (κ2) is 7.18. The Morgan fingerprint density at radius 3 is 2.75 bits per heavy atom. The first-order valence-corrected chi connectivity index (χ1v) is 6.38. The summed E-state index contributed by atoms with van der Waals surface area (Å²) >= 11 is 0.